The summed E-state index contributed by atoms with van der Waals surface area (Å²) in [5.41, 5.74) is 2.90. The molecule has 102 valence electrons. The summed E-state index contributed by atoms with van der Waals surface area (Å²) in [6.07, 6.45) is 0. The summed E-state index contributed by atoms with van der Waals surface area (Å²) < 4.78 is 0. The number of carbonyl (C=O) groups excluding carboxylic acids is 1. The highest BCUT2D eigenvalue weighted by atomic mass is 32.2. The van der Waals surface area contributed by atoms with Crippen LogP contribution in [0.1, 0.15) is 17.0 Å². The molecule has 2 N–H and O–H groups in total. The number of benzene rings is 1. The fourth-order valence-corrected chi connectivity index (χ4v) is 2.54. The second kappa shape index (κ2) is 6.26. The lowest BCUT2D eigenvalue weighted by molar-refractivity contribution is -0.113. The largest absolute Gasteiger partial charge is 0.322 e. The zero-order valence-corrected chi connectivity index (χ0v) is 12.0. The van der Waals surface area contributed by atoms with Crippen molar-refractivity contribution in [2.24, 2.45) is 0 Å². The quantitative estimate of drug-likeness (QED) is 0.846. The molecule has 1 amide bonds. The molecule has 0 aliphatic rings. The monoisotopic (exact) mass is 286 g/mol. The van der Waals surface area contributed by atoms with Crippen LogP contribution in [0, 0.1) is 25.2 Å². The first-order valence-corrected chi connectivity index (χ1v) is 7.03. The number of nitrogens with one attached hydrogen (secondary N) is 2. The molecule has 2 aromatic rings. The summed E-state index contributed by atoms with van der Waals surface area (Å²) >= 11 is 1.35. The maximum atomic E-state index is 11.9. The third kappa shape index (κ3) is 3.19. The van der Waals surface area contributed by atoms with Gasteiger partial charge in [0.25, 0.3) is 0 Å². The molecular formula is C14H14N4OS. The zero-order chi connectivity index (χ0) is 14.5. The number of H-pyrrole nitrogens is 1. The van der Waals surface area contributed by atoms with Gasteiger partial charge in [-0.3, -0.25) is 9.89 Å². The second-order valence-electron chi connectivity index (χ2n) is 4.25. The van der Waals surface area contributed by atoms with Gasteiger partial charge < -0.3 is 5.32 Å². The number of thioether (sulfide) groups is 1. The van der Waals surface area contributed by atoms with Gasteiger partial charge in [0.05, 0.1) is 28.4 Å². The zero-order valence-electron chi connectivity index (χ0n) is 11.2. The lowest BCUT2D eigenvalue weighted by Gasteiger charge is -2.06. The van der Waals surface area contributed by atoms with Gasteiger partial charge >= 0.3 is 0 Å². The van der Waals surface area contributed by atoms with E-state index in [1.165, 1.54) is 11.8 Å². The van der Waals surface area contributed by atoms with Crippen molar-refractivity contribution in [1.82, 2.24) is 10.2 Å². The van der Waals surface area contributed by atoms with E-state index in [-0.39, 0.29) is 11.7 Å². The number of aromatic amines is 1. The van der Waals surface area contributed by atoms with E-state index in [4.69, 9.17) is 5.26 Å². The van der Waals surface area contributed by atoms with E-state index in [0.717, 1.165) is 22.0 Å². The fraction of sp³-hybridized carbons (Fsp3) is 0.214. The lowest BCUT2D eigenvalue weighted by atomic mass is 10.2. The van der Waals surface area contributed by atoms with Crippen LogP contribution in [-0.2, 0) is 4.79 Å². The number of amides is 1. The molecule has 0 aliphatic heterocycles. The van der Waals surface area contributed by atoms with Gasteiger partial charge in [0, 0.05) is 4.90 Å². The molecular weight excluding hydrogens is 272 g/mol. The Morgan fingerprint density at radius 3 is 2.85 bits per heavy atom. The highest BCUT2D eigenvalue weighted by Gasteiger charge is 2.11. The number of hydrogen-bond donors (Lipinski definition) is 2. The van der Waals surface area contributed by atoms with Gasteiger partial charge in [-0.15, -0.1) is 11.8 Å². The van der Waals surface area contributed by atoms with Gasteiger partial charge in [-0.1, -0.05) is 12.1 Å². The van der Waals surface area contributed by atoms with Crippen LogP contribution in [0.5, 0.6) is 0 Å². The Labute approximate surface area is 121 Å². The van der Waals surface area contributed by atoms with Crippen molar-refractivity contribution >= 4 is 23.4 Å². The third-order valence-corrected chi connectivity index (χ3v) is 3.83. The minimum absolute atomic E-state index is 0.115. The molecule has 0 unspecified atom stereocenters. The van der Waals surface area contributed by atoms with Crippen LogP contribution in [0.3, 0.4) is 0 Å². The molecule has 0 aliphatic carbocycles. The predicted molar refractivity (Wildman–Crippen MR) is 78.6 cm³/mol. The van der Waals surface area contributed by atoms with Crippen LogP contribution in [-0.4, -0.2) is 21.9 Å². The SMILES string of the molecule is Cc1n[nH]c(C)c1NC(=O)CSc1ccccc1C#N. The van der Waals surface area contributed by atoms with Gasteiger partial charge in [-0.2, -0.15) is 10.4 Å². The normalized spacial score (nSPS) is 10.1. The Bertz CT molecular complexity index is 653. The van der Waals surface area contributed by atoms with Crippen LogP contribution in [0.15, 0.2) is 29.2 Å². The van der Waals surface area contributed by atoms with Crippen molar-refractivity contribution in [2.45, 2.75) is 18.7 Å². The van der Waals surface area contributed by atoms with Crippen LogP contribution in [0.25, 0.3) is 0 Å². The van der Waals surface area contributed by atoms with Gasteiger partial charge in [0.2, 0.25) is 5.91 Å². The van der Waals surface area contributed by atoms with E-state index >= 15 is 0 Å². The van der Waals surface area contributed by atoms with E-state index in [1.54, 1.807) is 12.1 Å². The number of rotatable bonds is 4. The molecule has 0 saturated heterocycles. The number of aromatic nitrogens is 2. The Morgan fingerprint density at radius 1 is 1.45 bits per heavy atom. The van der Waals surface area contributed by atoms with Crippen LogP contribution in [0.4, 0.5) is 5.69 Å². The Morgan fingerprint density at radius 2 is 2.20 bits per heavy atom. The molecule has 0 saturated carbocycles. The number of hydrogen-bond acceptors (Lipinski definition) is 4. The number of carbonyl (C=O) groups is 1. The summed E-state index contributed by atoms with van der Waals surface area (Å²) in [5.74, 6) is 0.137. The second-order valence-corrected chi connectivity index (χ2v) is 5.27. The van der Waals surface area contributed by atoms with Gasteiger partial charge in [-0.05, 0) is 26.0 Å². The van der Waals surface area contributed by atoms with Gasteiger partial charge in [-0.25, -0.2) is 0 Å². The first-order chi connectivity index (χ1) is 9.61. The molecule has 5 nitrogen and oxygen atoms in total. The highest BCUT2D eigenvalue weighted by Crippen LogP contribution is 2.23. The van der Waals surface area contributed by atoms with Crippen molar-refractivity contribution < 1.29 is 4.79 Å². The molecule has 1 aromatic heterocycles. The van der Waals surface area contributed by atoms with E-state index in [9.17, 15) is 4.79 Å². The van der Waals surface area contributed by atoms with E-state index < -0.39 is 0 Å². The van der Waals surface area contributed by atoms with Crippen molar-refractivity contribution in [2.75, 3.05) is 11.1 Å². The molecule has 20 heavy (non-hydrogen) atoms. The molecule has 1 aromatic carbocycles. The first-order valence-electron chi connectivity index (χ1n) is 6.05. The number of anilines is 1. The third-order valence-electron chi connectivity index (χ3n) is 2.76. The Balaban J connectivity index is 1.98. The van der Waals surface area contributed by atoms with Gasteiger partial charge in [0.15, 0.2) is 0 Å². The molecule has 0 fully saturated rings. The smallest absolute Gasteiger partial charge is 0.234 e. The summed E-state index contributed by atoms with van der Waals surface area (Å²) in [6, 6.07) is 9.35. The molecule has 0 atom stereocenters. The van der Waals surface area contributed by atoms with Gasteiger partial charge in [0.1, 0.15) is 6.07 Å². The number of nitriles is 1. The van der Waals surface area contributed by atoms with Crippen molar-refractivity contribution in [3.63, 3.8) is 0 Å². The molecule has 6 heteroatoms. The van der Waals surface area contributed by atoms with Crippen molar-refractivity contribution in [3.05, 3.63) is 41.2 Å². The van der Waals surface area contributed by atoms with Crippen LogP contribution < -0.4 is 5.32 Å². The molecule has 0 spiro atoms. The first kappa shape index (κ1) is 14.2. The molecule has 0 radical (unpaired) electrons. The minimum atomic E-state index is -0.115. The summed E-state index contributed by atoms with van der Waals surface area (Å²) in [4.78, 5) is 12.7. The van der Waals surface area contributed by atoms with Crippen molar-refractivity contribution in [3.8, 4) is 6.07 Å². The van der Waals surface area contributed by atoms with Crippen molar-refractivity contribution in [1.29, 1.82) is 5.26 Å². The molecule has 1 heterocycles. The highest BCUT2D eigenvalue weighted by molar-refractivity contribution is 8.00. The molecule has 2 rings (SSSR count). The predicted octanol–water partition coefficient (Wildman–Crippen LogP) is 2.63. The Hall–Kier alpha value is -2.26. The van der Waals surface area contributed by atoms with Crippen LogP contribution in [0.2, 0.25) is 0 Å². The minimum Gasteiger partial charge on any atom is -0.322 e. The summed E-state index contributed by atoms with van der Waals surface area (Å²) in [5, 5.41) is 18.7. The average molecular weight is 286 g/mol. The summed E-state index contributed by atoms with van der Waals surface area (Å²) in [7, 11) is 0. The number of nitrogens with zero attached hydrogens (tertiary/aromatic N) is 2. The lowest BCUT2D eigenvalue weighted by Crippen LogP contribution is -2.15. The Kier molecular flexibility index (Phi) is 4.43. The average Bonchev–Trinajstić information content (AvgIpc) is 2.77. The van der Waals surface area contributed by atoms with E-state index in [0.29, 0.717) is 5.56 Å². The van der Waals surface area contributed by atoms with E-state index in [1.807, 2.05) is 26.0 Å². The summed E-state index contributed by atoms with van der Waals surface area (Å²) in [6.45, 7) is 3.69. The number of aryl methyl sites for hydroxylation is 2. The van der Waals surface area contributed by atoms with E-state index in [2.05, 4.69) is 21.6 Å². The molecule has 0 bridgehead atoms. The topological polar surface area (TPSA) is 81.6 Å². The van der Waals surface area contributed by atoms with Crippen LogP contribution >= 0.6 is 11.8 Å². The fourth-order valence-electron chi connectivity index (χ4n) is 1.74. The standard InChI is InChI=1S/C14H14N4OS/c1-9-14(10(2)18-17-9)16-13(19)8-20-12-6-4-3-5-11(12)7-15/h3-6H,8H2,1-2H3,(H,16,19)(H,17,18). The maximum Gasteiger partial charge on any atom is 0.234 e. The maximum absolute atomic E-state index is 11.9.